The van der Waals surface area contributed by atoms with E-state index in [9.17, 15) is 9.18 Å². The lowest BCUT2D eigenvalue weighted by molar-refractivity contribution is -0.115. The van der Waals surface area contributed by atoms with Crippen molar-refractivity contribution in [3.05, 3.63) is 34.9 Å². The highest BCUT2D eigenvalue weighted by Crippen LogP contribution is 2.40. The molecule has 1 N–H and O–H groups in total. The Kier molecular flexibility index (Phi) is 5.10. The number of rotatable bonds is 6. The van der Waals surface area contributed by atoms with Crippen LogP contribution in [0.1, 0.15) is 38.4 Å². The van der Waals surface area contributed by atoms with Crippen molar-refractivity contribution in [1.29, 1.82) is 0 Å². The van der Waals surface area contributed by atoms with Crippen LogP contribution in [-0.4, -0.2) is 25.9 Å². The lowest BCUT2D eigenvalue weighted by atomic mass is 10.3. The molecule has 0 spiro atoms. The lowest BCUT2D eigenvalue weighted by Gasteiger charge is -2.13. The summed E-state index contributed by atoms with van der Waals surface area (Å²) in [5.74, 6) is 0.861. The zero-order valence-electron chi connectivity index (χ0n) is 13.4. The zero-order valence-corrected chi connectivity index (χ0v) is 15.0. The van der Waals surface area contributed by atoms with Crippen LogP contribution in [0.25, 0.3) is 0 Å². The van der Waals surface area contributed by atoms with E-state index in [1.807, 2.05) is 6.92 Å². The minimum absolute atomic E-state index is 0.174. The summed E-state index contributed by atoms with van der Waals surface area (Å²) in [5.41, 5.74) is 0.395. The average Bonchev–Trinajstić information content (AvgIpc) is 3.31. The van der Waals surface area contributed by atoms with Crippen molar-refractivity contribution in [2.75, 3.05) is 5.32 Å². The summed E-state index contributed by atoms with van der Waals surface area (Å²) in [6, 6.07) is 3.88. The summed E-state index contributed by atoms with van der Waals surface area (Å²) >= 11 is 7.30. The first-order valence-electron chi connectivity index (χ1n) is 7.85. The van der Waals surface area contributed by atoms with Crippen LogP contribution in [0.4, 0.5) is 10.1 Å². The maximum absolute atomic E-state index is 13.1. The molecule has 0 unspecified atom stereocenters. The lowest BCUT2D eigenvalue weighted by Crippen LogP contribution is -2.23. The number of thioether (sulfide) groups is 1. The molecule has 1 atom stereocenters. The van der Waals surface area contributed by atoms with Gasteiger partial charge in [-0.15, -0.1) is 10.2 Å². The Morgan fingerprint density at radius 2 is 2.25 bits per heavy atom. The Morgan fingerprint density at radius 3 is 2.88 bits per heavy atom. The maximum atomic E-state index is 13.1. The molecule has 24 heavy (non-hydrogen) atoms. The molecule has 3 rings (SSSR count). The third-order valence-electron chi connectivity index (χ3n) is 3.84. The van der Waals surface area contributed by atoms with Gasteiger partial charge in [0.2, 0.25) is 5.91 Å². The van der Waals surface area contributed by atoms with Crippen molar-refractivity contribution in [1.82, 2.24) is 14.8 Å². The van der Waals surface area contributed by atoms with E-state index in [0.29, 0.717) is 11.6 Å². The van der Waals surface area contributed by atoms with Gasteiger partial charge in [-0.1, -0.05) is 23.4 Å². The minimum Gasteiger partial charge on any atom is -0.324 e. The topological polar surface area (TPSA) is 59.8 Å². The molecule has 1 aromatic carbocycles. The number of benzene rings is 1. The molecule has 8 heteroatoms. The normalized spacial score (nSPS) is 15.3. The van der Waals surface area contributed by atoms with Gasteiger partial charge < -0.3 is 9.88 Å². The second kappa shape index (κ2) is 7.11. The van der Waals surface area contributed by atoms with Crippen molar-refractivity contribution in [2.24, 2.45) is 0 Å². The number of carbonyl (C=O) groups excluding carboxylic acids is 1. The van der Waals surface area contributed by atoms with Gasteiger partial charge in [0.05, 0.1) is 16.0 Å². The van der Waals surface area contributed by atoms with E-state index in [1.54, 1.807) is 6.92 Å². The highest BCUT2D eigenvalue weighted by Gasteiger charge is 2.30. The Balaban J connectivity index is 1.68. The predicted octanol–water partition coefficient (Wildman–Crippen LogP) is 4.09. The van der Waals surface area contributed by atoms with E-state index in [0.717, 1.165) is 30.4 Å². The van der Waals surface area contributed by atoms with Crippen molar-refractivity contribution in [2.45, 2.75) is 49.6 Å². The third kappa shape index (κ3) is 3.72. The summed E-state index contributed by atoms with van der Waals surface area (Å²) < 4.78 is 15.1. The summed E-state index contributed by atoms with van der Waals surface area (Å²) in [6.45, 7) is 4.62. The van der Waals surface area contributed by atoms with Crippen LogP contribution < -0.4 is 5.32 Å². The number of halogens is 2. The van der Waals surface area contributed by atoms with Gasteiger partial charge in [0.25, 0.3) is 0 Å². The molecule has 0 radical (unpaired) electrons. The highest BCUT2D eigenvalue weighted by molar-refractivity contribution is 8.00. The Labute approximate surface area is 149 Å². The van der Waals surface area contributed by atoms with Crippen molar-refractivity contribution < 1.29 is 9.18 Å². The van der Waals surface area contributed by atoms with Crippen LogP contribution in [0.2, 0.25) is 5.02 Å². The zero-order chi connectivity index (χ0) is 17.3. The highest BCUT2D eigenvalue weighted by atomic mass is 35.5. The Bertz CT molecular complexity index is 763. The van der Waals surface area contributed by atoms with Gasteiger partial charge in [-0.3, -0.25) is 4.79 Å². The van der Waals surface area contributed by atoms with Gasteiger partial charge in [0.15, 0.2) is 5.16 Å². The van der Waals surface area contributed by atoms with Gasteiger partial charge in [0.1, 0.15) is 11.6 Å². The molecular formula is C16H18ClFN4OS. The van der Waals surface area contributed by atoms with Crippen LogP contribution in [-0.2, 0) is 11.3 Å². The van der Waals surface area contributed by atoms with Crippen LogP contribution in [0.15, 0.2) is 23.4 Å². The molecule has 1 saturated carbocycles. The molecule has 1 heterocycles. The number of nitrogens with zero attached hydrogens (tertiary/aromatic N) is 3. The number of nitrogens with one attached hydrogen (secondary N) is 1. The molecule has 2 aromatic rings. The third-order valence-corrected chi connectivity index (χ3v) is 5.24. The Morgan fingerprint density at radius 1 is 1.50 bits per heavy atom. The van der Waals surface area contributed by atoms with Crippen molar-refractivity contribution in [3.8, 4) is 0 Å². The largest absolute Gasteiger partial charge is 0.324 e. The SMILES string of the molecule is CCn1c(S[C@@H](C)C(=O)Nc2ccc(F)cc2Cl)nnc1C1CC1. The van der Waals surface area contributed by atoms with Crippen LogP contribution >= 0.6 is 23.4 Å². The average molecular weight is 369 g/mol. The molecule has 0 aliphatic heterocycles. The summed E-state index contributed by atoms with van der Waals surface area (Å²) in [4.78, 5) is 12.4. The minimum atomic E-state index is -0.441. The number of anilines is 1. The van der Waals surface area contributed by atoms with E-state index in [1.165, 1.54) is 30.0 Å². The smallest absolute Gasteiger partial charge is 0.237 e. The number of aromatic nitrogens is 3. The molecule has 0 saturated heterocycles. The van der Waals surface area contributed by atoms with Gasteiger partial charge in [-0.25, -0.2) is 4.39 Å². The van der Waals surface area contributed by atoms with E-state index >= 15 is 0 Å². The molecule has 128 valence electrons. The molecule has 1 fully saturated rings. The van der Waals surface area contributed by atoms with Crippen LogP contribution in [0.5, 0.6) is 0 Å². The predicted molar refractivity (Wildman–Crippen MR) is 93.0 cm³/mol. The van der Waals surface area contributed by atoms with E-state index in [2.05, 4.69) is 20.1 Å². The van der Waals surface area contributed by atoms with Crippen molar-refractivity contribution >= 4 is 35.0 Å². The second-order valence-corrected chi connectivity index (χ2v) is 7.45. The molecular weight excluding hydrogens is 351 g/mol. The first-order valence-corrected chi connectivity index (χ1v) is 9.11. The number of carbonyl (C=O) groups is 1. The van der Waals surface area contributed by atoms with Crippen LogP contribution in [0, 0.1) is 5.82 Å². The van der Waals surface area contributed by atoms with Gasteiger partial charge in [-0.05, 0) is 44.9 Å². The second-order valence-electron chi connectivity index (χ2n) is 5.73. The number of hydrogen-bond donors (Lipinski definition) is 1. The van der Waals surface area contributed by atoms with Crippen LogP contribution in [0.3, 0.4) is 0 Å². The number of hydrogen-bond acceptors (Lipinski definition) is 4. The molecule has 1 aliphatic rings. The van der Waals surface area contributed by atoms with E-state index in [-0.39, 0.29) is 16.2 Å². The van der Waals surface area contributed by atoms with Gasteiger partial charge in [0, 0.05) is 12.5 Å². The summed E-state index contributed by atoms with van der Waals surface area (Å²) in [5, 5.41) is 11.8. The quantitative estimate of drug-likeness (QED) is 0.780. The standard InChI is InChI=1S/C16H18ClFN4OS/c1-3-22-14(10-4-5-10)20-21-16(22)24-9(2)15(23)19-13-7-6-11(18)8-12(13)17/h6-10H,3-5H2,1-2H3,(H,19,23)/t9-/m0/s1. The van der Waals surface area contributed by atoms with Gasteiger partial charge in [-0.2, -0.15) is 0 Å². The monoisotopic (exact) mass is 368 g/mol. The number of amides is 1. The molecule has 5 nitrogen and oxygen atoms in total. The molecule has 1 amide bonds. The fourth-order valence-electron chi connectivity index (χ4n) is 2.36. The maximum Gasteiger partial charge on any atom is 0.237 e. The molecule has 1 aliphatic carbocycles. The first kappa shape index (κ1) is 17.2. The van der Waals surface area contributed by atoms with E-state index in [4.69, 9.17) is 11.6 Å². The molecule has 0 bridgehead atoms. The first-order chi connectivity index (χ1) is 11.5. The Hall–Kier alpha value is -1.60. The fourth-order valence-corrected chi connectivity index (χ4v) is 3.50. The fraction of sp³-hybridized carbons (Fsp3) is 0.438. The van der Waals surface area contributed by atoms with Gasteiger partial charge >= 0.3 is 0 Å². The summed E-state index contributed by atoms with van der Waals surface area (Å²) in [7, 11) is 0. The molecule has 1 aromatic heterocycles. The van der Waals surface area contributed by atoms with E-state index < -0.39 is 5.82 Å². The van der Waals surface area contributed by atoms with Crippen molar-refractivity contribution in [3.63, 3.8) is 0 Å². The summed E-state index contributed by atoms with van der Waals surface area (Å²) in [6.07, 6.45) is 2.31.